The van der Waals surface area contributed by atoms with Crippen molar-refractivity contribution in [3.63, 3.8) is 0 Å². The van der Waals surface area contributed by atoms with Gasteiger partial charge in [-0.3, -0.25) is 9.59 Å². The number of amides is 2. The maximum Gasteiger partial charge on any atom is 0.228 e. The Balaban J connectivity index is 2.03. The van der Waals surface area contributed by atoms with Gasteiger partial charge >= 0.3 is 0 Å². The predicted octanol–water partition coefficient (Wildman–Crippen LogP) is 3.38. The lowest BCUT2D eigenvalue weighted by atomic mass is 10.2. The number of nitrogens with zero attached hydrogens (tertiary/aromatic N) is 1. The molecule has 0 saturated carbocycles. The molecule has 2 rings (SSSR count). The van der Waals surface area contributed by atoms with Crippen LogP contribution in [0.25, 0.3) is 0 Å². The summed E-state index contributed by atoms with van der Waals surface area (Å²) in [5.74, 6) is 0.239. The molecule has 6 nitrogen and oxygen atoms in total. The second-order valence-electron chi connectivity index (χ2n) is 5.46. The van der Waals surface area contributed by atoms with Gasteiger partial charge in [0.2, 0.25) is 11.8 Å². The zero-order chi connectivity index (χ0) is 16.8. The highest BCUT2D eigenvalue weighted by Gasteiger charge is 2.07. The molecule has 1 aromatic heterocycles. The molecule has 0 fully saturated rings. The molecule has 0 bridgehead atoms. The van der Waals surface area contributed by atoms with Gasteiger partial charge in [-0.1, -0.05) is 19.9 Å². The molecule has 1 heterocycles. The number of hydrogen-bond acceptors (Lipinski definition) is 4. The summed E-state index contributed by atoms with van der Waals surface area (Å²) in [5, 5.41) is 8.66. The average molecular weight is 312 g/mol. The van der Waals surface area contributed by atoms with Gasteiger partial charge in [0.05, 0.1) is 11.9 Å². The van der Waals surface area contributed by atoms with Crippen LogP contribution >= 0.6 is 0 Å². The topological polar surface area (TPSA) is 83.1 Å². The van der Waals surface area contributed by atoms with Crippen LogP contribution in [0, 0.1) is 5.92 Å². The fourth-order valence-corrected chi connectivity index (χ4v) is 1.86. The molecule has 1 aromatic carbocycles. The van der Waals surface area contributed by atoms with Gasteiger partial charge in [0.25, 0.3) is 0 Å². The standard InChI is InChI=1S/C17H20N4O2/c1-11(2)17(23)21-16-8-7-15(10-18-16)20-14-6-4-5-13(9-14)19-12(3)22/h4-11,20H,1-3H3,(H,19,22)(H,18,21,23). The minimum atomic E-state index is -0.117. The first-order valence-corrected chi connectivity index (χ1v) is 7.35. The Morgan fingerprint density at radius 2 is 1.74 bits per heavy atom. The highest BCUT2D eigenvalue weighted by molar-refractivity contribution is 5.91. The van der Waals surface area contributed by atoms with E-state index in [1.54, 1.807) is 12.3 Å². The molecule has 120 valence electrons. The number of anilines is 4. The second kappa shape index (κ2) is 7.40. The molecule has 2 aromatic rings. The first-order valence-electron chi connectivity index (χ1n) is 7.35. The summed E-state index contributed by atoms with van der Waals surface area (Å²) in [5.41, 5.74) is 2.33. The lowest BCUT2D eigenvalue weighted by Crippen LogP contribution is -2.18. The Kier molecular flexibility index (Phi) is 5.30. The van der Waals surface area contributed by atoms with Crippen molar-refractivity contribution >= 4 is 34.7 Å². The van der Waals surface area contributed by atoms with E-state index < -0.39 is 0 Å². The van der Waals surface area contributed by atoms with E-state index in [0.717, 1.165) is 17.1 Å². The summed E-state index contributed by atoms with van der Waals surface area (Å²) in [6.07, 6.45) is 1.64. The van der Waals surface area contributed by atoms with Crippen LogP contribution in [0.5, 0.6) is 0 Å². The van der Waals surface area contributed by atoms with Crippen LogP contribution in [0.4, 0.5) is 22.9 Å². The van der Waals surface area contributed by atoms with E-state index in [0.29, 0.717) is 5.82 Å². The molecule has 0 spiro atoms. The van der Waals surface area contributed by atoms with Crippen molar-refractivity contribution in [2.45, 2.75) is 20.8 Å². The Hall–Kier alpha value is -2.89. The van der Waals surface area contributed by atoms with Crippen molar-refractivity contribution < 1.29 is 9.59 Å². The zero-order valence-electron chi connectivity index (χ0n) is 13.4. The summed E-state index contributed by atoms with van der Waals surface area (Å²) in [6.45, 7) is 5.12. The number of hydrogen-bond donors (Lipinski definition) is 3. The summed E-state index contributed by atoms with van der Waals surface area (Å²) in [4.78, 5) is 26.9. The summed E-state index contributed by atoms with van der Waals surface area (Å²) < 4.78 is 0. The molecule has 0 saturated heterocycles. The van der Waals surface area contributed by atoms with E-state index in [2.05, 4.69) is 20.9 Å². The van der Waals surface area contributed by atoms with Gasteiger partial charge in [0, 0.05) is 24.2 Å². The van der Waals surface area contributed by atoms with Crippen molar-refractivity contribution in [2.24, 2.45) is 5.92 Å². The number of nitrogens with one attached hydrogen (secondary N) is 3. The van der Waals surface area contributed by atoms with Crippen molar-refractivity contribution in [1.29, 1.82) is 0 Å². The molecular weight excluding hydrogens is 292 g/mol. The third-order valence-electron chi connectivity index (χ3n) is 3.01. The monoisotopic (exact) mass is 312 g/mol. The quantitative estimate of drug-likeness (QED) is 0.790. The highest BCUT2D eigenvalue weighted by Crippen LogP contribution is 2.20. The van der Waals surface area contributed by atoms with Gasteiger partial charge < -0.3 is 16.0 Å². The molecular formula is C17H20N4O2. The number of rotatable bonds is 5. The third kappa shape index (κ3) is 5.10. The Morgan fingerprint density at radius 1 is 1.00 bits per heavy atom. The van der Waals surface area contributed by atoms with Crippen LogP contribution in [0.15, 0.2) is 42.6 Å². The zero-order valence-corrected chi connectivity index (χ0v) is 13.4. The van der Waals surface area contributed by atoms with E-state index >= 15 is 0 Å². The van der Waals surface area contributed by atoms with Gasteiger partial charge in [-0.25, -0.2) is 4.98 Å². The highest BCUT2D eigenvalue weighted by atomic mass is 16.2. The van der Waals surface area contributed by atoms with E-state index in [1.165, 1.54) is 6.92 Å². The van der Waals surface area contributed by atoms with E-state index in [-0.39, 0.29) is 17.7 Å². The van der Waals surface area contributed by atoms with Crippen LogP contribution in [0.1, 0.15) is 20.8 Å². The van der Waals surface area contributed by atoms with Crippen molar-refractivity contribution in [3.8, 4) is 0 Å². The molecule has 0 radical (unpaired) electrons. The number of carbonyl (C=O) groups excluding carboxylic acids is 2. The van der Waals surface area contributed by atoms with Gasteiger partial charge in [-0.2, -0.15) is 0 Å². The normalized spacial score (nSPS) is 10.3. The number of carbonyl (C=O) groups is 2. The number of benzene rings is 1. The molecule has 0 unspecified atom stereocenters. The fraction of sp³-hybridized carbons (Fsp3) is 0.235. The molecule has 0 atom stereocenters. The van der Waals surface area contributed by atoms with Crippen molar-refractivity contribution in [1.82, 2.24) is 4.98 Å². The predicted molar refractivity (Wildman–Crippen MR) is 91.7 cm³/mol. The van der Waals surface area contributed by atoms with Gasteiger partial charge in [0.1, 0.15) is 5.82 Å². The molecule has 0 aliphatic rings. The molecule has 0 aliphatic carbocycles. The van der Waals surface area contributed by atoms with E-state index in [9.17, 15) is 9.59 Å². The first kappa shape index (κ1) is 16.5. The van der Waals surface area contributed by atoms with Crippen LogP contribution in [0.3, 0.4) is 0 Å². The van der Waals surface area contributed by atoms with Gasteiger partial charge in [0.15, 0.2) is 0 Å². The average Bonchev–Trinajstić information content (AvgIpc) is 2.49. The summed E-state index contributed by atoms with van der Waals surface area (Å²) in [6, 6.07) is 10.9. The van der Waals surface area contributed by atoms with Crippen LogP contribution < -0.4 is 16.0 Å². The van der Waals surface area contributed by atoms with Gasteiger partial charge in [-0.05, 0) is 30.3 Å². The van der Waals surface area contributed by atoms with Crippen molar-refractivity contribution in [3.05, 3.63) is 42.6 Å². The minimum absolute atomic E-state index is 0.0683. The van der Waals surface area contributed by atoms with Crippen LogP contribution in [-0.2, 0) is 9.59 Å². The minimum Gasteiger partial charge on any atom is -0.354 e. The summed E-state index contributed by atoms with van der Waals surface area (Å²) in [7, 11) is 0. The fourth-order valence-electron chi connectivity index (χ4n) is 1.86. The van der Waals surface area contributed by atoms with Crippen LogP contribution in [-0.4, -0.2) is 16.8 Å². The maximum absolute atomic E-state index is 11.6. The number of pyridine rings is 1. The molecule has 0 aliphatic heterocycles. The Bertz CT molecular complexity index is 696. The van der Waals surface area contributed by atoms with E-state index in [4.69, 9.17) is 0 Å². The maximum atomic E-state index is 11.6. The molecule has 23 heavy (non-hydrogen) atoms. The van der Waals surface area contributed by atoms with Gasteiger partial charge in [-0.15, -0.1) is 0 Å². The molecule has 6 heteroatoms. The van der Waals surface area contributed by atoms with Crippen molar-refractivity contribution in [2.75, 3.05) is 16.0 Å². The van der Waals surface area contributed by atoms with Crippen LogP contribution in [0.2, 0.25) is 0 Å². The smallest absolute Gasteiger partial charge is 0.228 e. The Morgan fingerprint density at radius 3 is 2.35 bits per heavy atom. The SMILES string of the molecule is CC(=O)Nc1cccc(Nc2ccc(NC(=O)C(C)C)nc2)c1. The second-order valence-corrected chi connectivity index (χ2v) is 5.46. The lowest BCUT2D eigenvalue weighted by molar-refractivity contribution is -0.119. The largest absolute Gasteiger partial charge is 0.354 e. The first-order chi connectivity index (χ1) is 10.9. The Labute approximate surface area is 135 Å². The molecule has 3 N–H and O–H groups in total. The third-order valence-corrected chi connectivity index (χ3v) is 3.01. The molecule has 2 amide bonds. The summed E-state index contributed by atoms with van der Waals surface area (Å²) >= 11 is 0. The van der Waals surface area contributed by atoms with E-state index in [1.807, 2.05) is 44.2 Å². The lowest BCUT2D eigenvalue weighted by Gasteiger charge is -2.10. The number of aromatic nitrogens is 1.